The fourth-order valence-electron chi connectivity index (χ4n) is 0.394. The first-order valence-corrected chi connectivity index (χ1v) is 3.04. The van der Waals surface area contributed by atoms with Crippen LogP contribution in [-0.2, 0) is 0 Å². The van der Waals surface area contributed by atoms with Crippen LogP contribution in [0.2, 0.25) is 0 Å². The predicted molar refractivity (Wildman–Crippen MR) is 28.2 cm³/mol. The van der Waals surface area contributed by atoms with Crippen molar-refractivity contribution in [1.29, 1.82) is 0 Å². The molecule has 1 aliphatic rings. The molecule has 0 bridgehead atoms. The van der Waals surface area contributed by atoms with Crippen LogP contribution in [0.1, 0.15) is 6.92 Å². The van der Waals surface area contributed by atoms with Gasteiger partial charge in [-0.1, -0.05) is 0 Å². The second-order valence-electron chi connectivity index (χ2n) is 1.27. The van der Waals surface area contributed by atoms with Crippen LogP contribution in [0, 0.1) is 0 Å². The molecule has 6 heavy (non-hydrogen) atoms. The molecule has 2 N–H and O–H groups in total. The van der Waals surface area contributed by atoms with Crippen molar-refractivity contribution in [2.24, 2.45) is 0 Å². The van der Waals surface area contributed by atoms with Crippen molar-refractivity contribution < 1.29 is 0 Å². The smallest absolute Gasteiger partial charge is 0.0651 e. The minimum Gasteiger partial charge on any atom is -0.247 e. The molecule has 1 saturated heterocycles. The van der Waals surface area contributed by atoms with E-state index in [-0.39, 0.29) is 0 Å². The second-order valence-corrected chi connectivity index (χ2v) is 2.60. The van der Waals surface area contributed by atoms with Gasteiger partial charge in [-0.3, -0.25) is 0 Å². The SMILES string of the molecule is CC1NNCS1. The van der Waals surface area contributed by atoms with E-state index in [9.17, 15) is 0 Å². The molecule has 0 radical (unpaired) electrons. The number of hydrazine groups is 1. The normalized spacial score (nSPS) is 34.5. The van der Waals surface area contributed by atoms with Gasteiger partial charge in [-0.2, -0.15) is 0 Å². The van der Waals surface area contributed by atoms with Crippen molar-refractivity contribution in [3.8, 4) is 0 Å². The lowest BCUT2D eigenvalue weighted by molar-refractivity contribution is 0.617. The quantitative estimate of drug-likeness (QED) is 0.457. The molecule has 1 atom stereocenters. The van der Waals surface area contributed by atoms with Crippen LogP contribution in [0.5, 0.6) is 0 Å². The van der Waals surface area contributed by atoms with Gasteiger partial charge in [0.05, 0.1) is 11.3 Å². The maximum Gasteiger partial charge on any atom is 0.0651 e. The summed E-state index contributed by atoms with van der Waals surface area (Å²) in [5.74, 6) is 1.04. The minimum atomic E-state index is 0.602. The van der Waals surface area contributed by atoms with Crippen LogP contribution in [0.4, 0.5) is 0 Å². The number of hydrogen-bond donors (Lipinski definition) is 2. The summed E-state index contributed by atoms with van der Waals surface area (Å²) in [5, 5.41) is 0.602. The molecular weight excluding hydrogens is 96.1 g/mol. The summed E-state index contributed by atoms with van der Waals surface area (Å²) in [5.41, 5.74) is 6.02. The number of thioether (sulfide) groups is 1. The van der Waals surface area contributed by atoms with Gasteiger partial charge in [-0.15, -0.1) is 11.8 Å². The van der Waals surface area contributed by atoms with Crippen LogP contribution >= 0.6 is 11.8 Å². The Kier molecular flexibility index (Phi) is 1.34. The molecule has 0 aliphatic carbocycles. The zero-order valence-electron chi connectivity index (χ0n) is 3.69. The third kappa shape index (κ3) is 0.864. The molecule has 1 rings (SSSR count). The van der Waals surface area contributed by atoms with Gasteiger partial charge in [-0.05, 0) is 6.92 Å². The van der Waals surface area contributed by atoms with E-state index in [0.717, 1.165) is 5.88 Å². The number of nitrogens with one attached hydrogen (secondary N) is 2. The van der Waals surface area contributed by atoms with Crippen molar-refractivity contribution in [3.63, 3.8) is 0 Å². The van der Waals surface area contributed by atoms with E-state index in [0.29, 0.717) is 5.37 Å². The summed E-state index contributed by atoms with van der Waals surface area (Å²) in [7, 11) is 0. The maximum atomic E-state index is 3.03. The Balaban J connectivity index is 2.18. The van der Waals surface area contributed by atoms with Gasteiger partial charge in [0, 0.05) is 0 Å². The third-order valence-electron chi connectivity index (χ3n) is 0.711. The summed E-state index contributed by atoms with van der Waals surface area (Å²) < 4.78 is 0. The molecule has 1 heterocycles. The highest BCUT2D eigenvalue weighted by Crippen LogP contribution is 2.07. The molecule has 0 aromatic rings. The molecule has 0 aromatic carbocycles. The lowest BCUT2D eigenvalue weighted by Crippen LogP contribution is -2.27. The zero-order valence-corrected chi connectivity index (χ0v) is 4.51. The van der Waals surface area contributed by atoms with Crippen molar-refractivity contribution in [3.05, 3.63) is 0 Å². The Labute approximate surface area is 41.7 Å². The monoisotopic (exact) mass is 104 g/mol. The zero-order chi connectivity index (χ0) is 4.41. The summed E-state index contributed by atoms with van der Waals surface area (Å²) >= 11 is 1.87. The van der Waals surface area contributed by atoms with Crippen molar-refractivity contribution in [2.75, 3.05) is 5.88 Å². The summed E-state index contributed by atoms with van der Waals surface area (Å²) in [4.78, 5) is 0. The molecule has 2 nitrogen and oxygen atoms in total. The van der Waals surface area contributed by atoms with Crippen molar-refractivity contribution in [2.45, 2.75) is 12.3 Å². The van der Waals surface area contributed by atoms with Gasteiger partial charge in [0.1, 0.15) is 0 Å². The fraction of sp³-hybridized carbons (Fsp3) is 1.00. The molecule has 1 unspecified atom stereocenters. The standard InChI is InChI=1S/C3H8N2S/c1-3-5-4-2-6-3/h3-5H,2H2,1H3. The molecule has 3 heteroatoms. The van der Waals surface area contributed by atoms with Crippen LogP contribution < -0.4 is 10.9 Å². The molecule has 1 fully saturated rings. The first-order valence-electron chi connectivity index (χ1n) is 1.99. The van der Waals surface area contributed by atoms with E-state index in [1.54, 1.807) is 0 Å². The topological polar surface area (TPSA) is 24.1 Å². The van der Waals surface area contributed by atoms with Crippen LogP contribution in [0.25, 0.3) is 0 Å². The molecule has 0 spiro atoms. The highest BCUT2D eigenvalue weighted by Gasteiger charge is 2.04. The van der Waals surface area contributed by atoms with E-state index in [1.807, 2.05) is 11.8 Å². The van der Waals surface area contributed by atoms with Crippen molar-refractivity contribution >= 4 is 11.8 Å². The van der Waals surface area contributed by atoms with Crippen LogP contribution in [0.3, 0.4) is 0 Å². The summed E-state index contributed by atoms with van der Waals surface area (Å²) in [6.45, 7) is 2.13. The highest BCUT2D eigenvalue weighted by atomic mass is 32.2. The van der Waals surface area contributed by atoms with Crippen LogP contribution in [0.15, 0.2) is 0 Å². The number of hydrogen-bond acceptors (Lipinski definition) is 3. The molecule has 36 valence electrons. The van der Waals surface area contributed by atoms with Crippen molar-refractivity contribution in [1.82, 2.24) is 10.9 Å². The van der Waals surface area contributed by atoms with E-state index in [2.05, 4.69) is 17.8 Å². The average molecular weight is 104 g/mol. The van der Waals surface area contributed by atoms with E-state index >= 15 is 0 Å². The summed E-state index contributed by atoms with van der Waals surface area (Å²) in [6, 6.07) is 0. The lowest BCUT2D eigenvalue weighted by Gasteiger charge is -1.93. The Morgan fingerprint density at radius 1 is 1.83 bits per heavy atom. The third-order valence-corrected chi connectivity index (χ3v) is 1.64. The molecule has 0 amide bonds. The van der Waals surface area contributed by atoms with Gasteiger partial charge < -0.3 is 0 Å². The Morgan fingerprint density at radius 3 is 2.83 bits per heavy atom. The van der Waals surface area contributed by atoms with Gasteiger partial charge in [-0.25, -0.2) is 10.9 Å². The average Bonchev–Trinajstić information content (AvgIpc) is 1.86. The Hall–Kier alpha value is 0.270. The van der Waals surface area contributed by atoms with Gasteiger partial charge in [0.15, 0.2) is 0 Å². The largest absolute Gasteiger partial charge is 0.247 e. The predicted octanol–water partition coefficient (Wildman–Crippen LogP) is 0.131. The Morgan fingerprint density at radius 2 is 2.67 bits per heavy atom. The van der Waals surface area contributed by atoms with Gasteiger partial charge in [0.25, 0.3) is 0 Å². The summed E-state index contributed by atoms with van der Waals surface area (Å²) in [6.07, 6.45) is 0. The maximum absolute atomic E-state index is 3.03. The second kappa shape index (κ2) is 1.82. The first-order chi connectivity index (χ1) is 2.89. The molecule has 1 aliphatic heterocycles. The lowest BCUT2D eigenvalue weighted by atomic mass is 10.8. The molecule has 0 saturated carbocycles. The van der Waals surface area contributed by atoms with E-state index in [4.69, 9.17) is 0 Å². The number of rotatable bonds is 0. The van der Waals surface area contributed by atoms with E-state index < -0.39 is 0 Å². The Bertz CT molecular complexity index is 42.1. The van der Waals surface area contributed by atoms with E-state index in [1.165, 1.54) is 0 Å². The molecular formula is C3H8N2S. The first kappa shape index (κ1) is 4.43. The van der Waals surface area contributed by atoms with Crippen LogP contribution in [-0.4, -0.2) is 11.3 Å². The highest BCUT2D eigenvalue weighted by molar-refractivity contribution is 8.00. The minimum absolute atomic E-state index is 0.602. The van der Waals surface area contributed by atoms with Gasteiger partial charge >= 0.3 is 0 Å². The van der Waals surface area contributed by atoms with Gasteiger partial charge in [0.2, 0.25) is 0 Å². The fourth-order valence-corrected chi connectivity index (χ4v) is 0.977. The molecule has 0 aromatic heterocycles.